The molecule has 0 nitrogen and oxygen atoms in total. The minimum atomic E-state index is 0.471. The van der Waals surface area contributed by atoms with Gasteiger partial charge in [0.1, 0.15) is 0 Å². The molecule has 1 heteroatoms. The van der Waals surface area contributed by atoms with Crippen molar-refractivity contribution >= 4 is 11.8 Å². The van der Waals surface area contributed by atoms with Crippen molar-refractivity contribution in [3.63, 3.8) is 0 Å². The van der Waals surface area contributed by atoms with Crippen molar-refractivity contribution in [2.45, 2.75) is 45.3 Å². The zero-order chi connectivity index (χ0) is 15.0. The monoisotopic (exact) mass is 288 g/mol. The fraction of sp³-hybridized carbons (Fsp3) is 0.474. The summed E-state index contributed by atoms with van der Waals surface area (Å²) in [6.07, 6.45) is 16.3. The third-order valence-electron chi connectivity index (χ3n) is 3.82. The van der Waals surface area contributed by atoms with E-state index >= 15 is 0 Å². The average Bonchev–Trinajstić information content (AvgIpc) is 2.77. The highest BCUT2D eigenvalue weighted by molar-refractivity contribution is 8.04. The highest BCUT2D eigenvalue weighted by Gasteiger charge is 2.32. The molecule has 0 radical (unpaired) electrons. The number of rotatable bonds is 8. The first-order valence-corrected chi connectivity index (χ1v) is 8.51. The van der Waals surface area contributed by atoms with Crippen LogP contribution in [0.1, 0.15) is 40.0 Å². The van der Waals surface area contributed by atoms with Gasteiger partial charge in [-0.1, -0.05) is 70.4 Å². The molecule has 1 rings (SSSR count). The Morgan fingerprint density at radius 3 is 2.65 bits per heavy atom. The molecule has 1 heterocycles. The molecule has 1 aliphatic heterocycles. The van der Waals surface area contributed by atoms with E-state index in [1.165, 1.54) is 17.7 Å². The Bertz CT molecular complexity index is 411. The lowest BCUT2D eigenvalue weighted by Crippen LogP contribution is -2.15. The normalized spacial score (nSPS) is 24.8. The zero-order valence-electron chi connectivity index (χ0n) is 13.1. The Morgan fingerprint density at radius 1 is 1.30 bits per heavy atom. The van der Waals surface area contributed by atoms with E-state index < -0.39 is 0 Å². The van der Waals surface area contributed by atoms with Gasteiger partial charge in [0.25, 0.3) is 0 Å². The highest BCUT2D eigenvalue weighted by atomic mass is 32.2. The van der Waals surface area contributed by atoms with Crippen LogP contribution in [-0.4, -0.2) is 5.25 Å². The summed E-state index contributed by atoms with van der Waals surface area (Å²) in [4.78, 5) is 1.39. The number of hydrogen-bond acceptors (Lipinski definition) is 1. The van der Waals surface area contributed by atoms with Gasteiger partial charge in [-0.25, -0.2) is 0 Å². The largest absolute Gasteiger partial charge is 0.122 e. The lowest BCUT2D eigenvalue weighted by atomic mass is 9.83. The van der Waals surface area contributed by atoms with Crippen LogP contribution in [0.15, 0.2) is 60.1 Å². The van der Waals surface area contributed by atoms with Gasteiger partial charge in [-0.2, -0.15) is 0 Å². The van der Waals surface area contributed by atoms with Crippen LogP contribution in [0.3, 0.4) is 0 Å². The predicted molar refractivity (Wildman–Crippen MR) is 94.9 cm³/mol. The van der Waals surface area contributed by atoms with Crippen LogP contribution in [0.25, 0.3) is 0 Å². The van der Waals surface area contributed by atoms with Crippen LogP contribution >= 0.6 is 11.8 Å². The van der Waals surface area contributed by atoms with Crippen LogP contribution in [-0.2, 0) is 0 Å². The van der Waals surface area contributed by atoms with Crippen molar-refractivity contribution in [3.8, 4) is 0 Å². The van der Waals surface area contributed by atoms with Gasteiger partial charge in [0.2, 0.25) is 0 Å². The van der Waals surface area contributed by atoms with Gasteiger partial charge in [-0.3, -0.25) is 0 Å². The van der Waals surface area contributed by atoms with Crippen molar-refractivity contribution in [2.24, 2.45) is 11.8 Å². The van der Waals surface area contributed by atoms with Crippen molar-refractivity contribution in [1.29, 1.82) is 0 Å². The molecule has 3 atom stereocenters. The molecule has 0 saturated heterocycles. The van der Waals surface area contributed by atoms with Gasteiger partial charge in [-0.15, -0.1) is 11.8 Å². The molecule has 0 spiro atoms. The van der Waals surface area contributed by atoms with Crippen molar-refractivity contribution in [3.05, 3.63) is 60.1 Å². The maximum atomic E-state index is 4.00. The third kappa shape index (κ3) is 4.56. The van der Waals surface area contributed by atoms with Gasteiger partial charge in [0.15, 0.2) is 0 Å². The van der Waals surface area contributed by atoms with E-state index in [9.17, 15) is 0 Å². The number of allylic oxidation sites excluding steroid dienone is 7. The first-order chi connectivity index (χ1) is 9.65. The minimum Gasteiger partial charge on any atom is -0.122 e. The predicted octanol–water partition coefficient (Wildman–Crippen LogP) is 6.30. The number of hydrogen-bond donors (Lipinski definition) is 0. The SMILES string of the molecule is C=C/C=C\C(C)C1=C(C=C)SC(C)C1CC/C=C\CC. The molecular formula is C19H28S. The molecule has 3 unspecified atom stereocenters. The van der Waals surface area contributed by atoms with Gasteiger partial charge in [0.05, 0.1) is 0 Å². The Hall–Kier alpha value is -0.950. The zero-order valence-corrected chi connectivity index (χ0v) is 14.0. The van der Waals surface area contributed by atoms with Gasteiger partial charge in [0, 0.05) is 10.2 Å². The molecule has 0 aliphatic carbocycles. The second-order valence-electron chi connectivity index (χ2n) is 5.32. The van der Waals surface area contributed by atoms with E-state index in [2.05, 4.69) is 58.2 Å². The second-order valence-corrected chi connectivity index (χ2v) is 6.74. The van der Waals surface area contributed by atoms with Crippen LogP contribution in [0, 0.1) is 11.8 Å². The summed E-state index contributed by atoms with van der Waals surface area (Å²) >= 11 is 1.99. The lowest BCUT2D eigenvalue weighted by Gasteiger charge is -2.21. The highest BCUT2D eigenvalue weighted by Crippen LogP contribution is 2.47. The van der Waals surface area contributed by atoms with E-state index in [0.717, 1.165) is 6.42 Å². The van der Waals surface area contributed by atoms with Gasteiger partial charge < -0.3 is 0 Å². The first kappa shape index (κ1) is 17.1. The molecule has 0 aromatic heterocycles. The van der Waals surface area contributed by atoms with Gasteiger partial charge >= 0.3 is 0 Å². The molecule has 1 aliphatic rings. The standard InChI is InChI=1S/C19H28S/c1-6-9-11-12-14-17-16(5)20-18(8-3)19(17)15(4)13-10-7-2/h7-11,13,15-17H,2-3,6,12,14H2,1,4-5H3/b11-9-,13-10-. The van der Waals surface area contributed by atoms with Crippen LogP contribution < -0.4 is 0 Å². The average molecular weight is 288 g/mol. The molecule has 0 saturated carbocycles. The molecule has 20 heavy (non-hydrogen) atoms. The summed E-state index contributed by atoms with van der Waals surface area (Å²) < 4.78 is 0. The van der Waals surface area contributed by atoms with E-state index in [1.54, 1.807) is 5.57 Å². The van der Waals surface area contributed by atoms with E-state index in [1.807, 2.05) is 23.9 Å². The Kier molecular flexibility index (Phi) is 7.76. The smallest absolute Gasteiger partial charge is 0.0132 e. The molecule has 0 bridgehead atoms. The quantitative estimate of drug-likeness (QED) is 0.373. The molecule has 0 N–H and O–H groups in total. The van der Waals surface area contributed by atoms with Crippen molar-refractivity contribution < 1.29 is 0 Å². The fourth-order valence-corrected chi connectivity index (χ4v) is 4.23. The summed E-state index contributed by atoms with van der Waals surface area (Å²) in [7, 11) is 0. The molecule has 0 aromatic carbocycles. The fourth-order valence-electron chi connectivity index (χ4n) is 2.81. The second kappa shape index (κ2) is 9.07. The molecule has 0 amide bonds. The summed E-state index contributed by atoms with van der Waals surface area (Å²) in [6.45, 7) is 14.6. The molecule has 110 valence electrons. The van der Waals surface area contributed by atoms with Crippen molar-refractivity contribution in [1.82, 2.24) is 0 Å². The maximum Gasteiger partial charge on any atom is 0.0132 e. The first-order valence-electron chi connectivity index (χ1n) is 7.63. The van der Waals surface area contributed by atoms with Crippen LogP contribution in [0.5, 0.6) is 0 Å². The van der Waals surface area contributed by atoms with E-state index in [0.29, 0.717) is 17.1 Å². The molecule has 0 aromatic rings. The summed E-state index contributed by atoms with van der Waals surface area (Å²) in [5.74, 6) is 1.14. The van der Waals surface area contributed by atoms with Crippen LogP contribution in [0.4, 0.5) is 0 Å². The molecular weight excluding hydrogens is 260 g/mol. The Morgan fingerprint density at radius 2 is 2.05 bits per heavy atom. The van der Waals surface area contributed by atoms with Gasteiger partial charge in [-0.05, 0) is 36.7 Å². The Labute approximate surface area is 129 Å². The molecule has 0 fully saturated rings. The maximum absolute atomic E-state index is 4.00. The summed E-state index contributed by atoms with van der Waals surface area (Å²) in [5, 5.41) is 0.660. The third-order valence-corrected chi connectivity index (χ3v) is 5.18. The number of thioether (sulfide) groups is 1. The van der Waals surface area contributed by atoms with Crippen LogP contribution in [0.2, 0.25) is 0 Å². The van der Waals surface area contributed by atoms with E-state index in [4.69, 9.17) is 0 Å². The van der Waals surface area contributed by atoms with E-state index in [-0.39, 0.29) is 0 Å². The Balaban J connectivity index is 2.86. The summed E-state index contributed by atoms with van der Waals surface area (Å²) in [6, 6.07) is 0. The topological polar surface area (TPSA) is 0 Å². The lowest BCUT2D eigenvalue weighted by molar-refractivity contribution is 0.529. The summed E-state index contributed by atoms with van der Waals surface area (Å²) in [5.41, 5.74) is 1.57. The minimum absolute atomic E-state index is 0.471. The van der Waals surface area contributed by atoms with Crippen molar-refractivity contribution in [2.75, 3.05) is 0 Å².